The van der Waals surface area contributed by atoms with E-state index in [0.29, 0.717) is 12.0 Å². The first-order chi connectivity index (χ1) is 10.0. The van der Waals surface area contributed by atoms with Gasteiger partial charge in [-0.3, -0.25) is 4.79 Å². The van der Waals surface area contributed by atoms with Crippen LogP contribution < -0.4 is 15.2 Å². The van der Waals surface area contributed by atoms with Crippen molar-refractivity contribution in [2.24, 2.45) is 7.05 Å². The summed E-state index contributed by atoms with van der Waals surface area (Å²) in [4.78, 5) is 16.7. The van der Waals surface area contributed by atoms with Gasteiger partial charge in [-0.25, -0.2) is 9.94 Å². The largest absolute Gasteiger partial charge is 0.508 e. The van der Waals surface area contributed by atoms with Crippen LogP contribution in [0.15, 0.2) is 23.0 Å². The van der Waals surface area contributed by atoms with Crippen molar-refractivity contribution in [1.29, 1.82) is 0 Å². The van der Waals surface area contributed by atoms with Crippen molar-refractivity contribution in [2.45, 2.75) is 13.3 Å². The fraction of sp³-hybridized carbons (Fsp3) is 0.286. The molecule has 1 heterocycles. The number of hydrogen-bond donors (Lipinski definition) is 2. The maximum Gasteiger partial charge on any atom is 0.279 e. The summed E-state index contributed by atoms with van der Waals surface area (Å²) in [6.07, 6.45) is 0.586. The highest BCUT2D eigenvalue weighted by Crippen LogP contribution is 2.36. The van der Waals surface area contributed by atoms with Crippen LogP contribution in [0.1, 0.15) is 12.5 Å². The monoisotopic (exact) mass is 292 g/mol. The molecule has 7 nitrogen and oxygen atoms in total. The molecule has 2 N–H and O–H groups in total. The zero-order valence-electron chi connectivity index (χ0n) is 12.0. The van der Waals surface area contributed by atoms with Gasteiger partial charge < -0.3 is 14.7 Å². The molecule has 0 saturated carbocycles. The number of phenolic OH excluding ortho intramolecular Hbond substituents is 1. The Morgan fingerprint density at radius 2 is 2.10 bits per heavy atom. The molecule has 0 fully saturated rings. The van der Waals surface area contributed by atoms with Crippen LogP contribution in [0.3, 0.4) is 0 Å². The van der Waals surface area contributed by atoms with Crippen LogP contribution in [0.2, 0.25) is 0 Å². The average molecular weight is 292 g/mol. The molecule has 0 saturated heterocycles. The Bertz CT molecular complexity index is 724. The van der Waals surface area contributed by atoms with Crippen molar-refractivity contribution in [3.05, 3.63) is 34.1 Å². The van der Waals surface area contributed by atoms with E-state index >= 15 is 0 Å². The predicted molar refractivity (Wildman–Crippen MR) is 75.8 cm³/mol. The fourth-order valence-corrected chi connectivity index (χ4v) is 2.17. The summed E-state index contributed by atoms with van der Waals surface area (Å²) >= 11 is 0. The number of rotatable bonds is 4. The number of methoxy groups -OCH3 is 1. The molecule has 0 aliphatic carbocycles. The molecule has 112 valence electrons. The number of ether oxygens (including phenoxy) is 1. The third-order valence-electron chi connectivity index (χ3n) is 3.19. The quantitative estimate of drug-likeness (QED) is 0.656. The van der Waals surface area contributed by atoms with Gasteiger partial charge in [0.05, 0.1) is 7.11 Å². The van der Waals surface area contributed by atoms with Crippen molar-refractivity contribution in [3.63, 3.8) is 0 Å². The third kappa shape index (κ3) is 2.55. The number of phenols is 1. The highest BCUT2D eigenvalue weighted by atomic mass is 17.1. The van der Waals surface area contributed by atoms with E-state index in [1.54, 1.807) is 12.1 Å². The van der Waals surface area contributed by atoms with Crippen LogP contribution in [0, 0.1) is 0 Å². The molecule has 0 unspecified atom stereocenters. The Hall–Kier alpha value is -2.54. The lowest BCUT2D eigenvalue weighted by atomic mass is 9.98. The summed E-state index contributed by atoms with van der Waals surface area (Å²) in [5, 5.41) is 22.5. The summed E-state index contributed by atoms with van der Waals surface area (Å²) in [6.45, 7) is 1.89. The Balaban J connectivity index is 2.85. The normalized spacial score (nSPS) is 10.5. The maximum absolute atomic E-state index is 12.4. The minimum Gasteiger partial charge on any atom is -0.508 e. The van der Waals surface area contributed by atoms with Crippen LogP contribution in [-0.2, 0) is 13.5 Å². The highest BCUT2D eigenvalue weighted by Gasteiger charge is 2.22. The van der Waals surface area contributed by atoms with Crippen LogP contribution in [0.25, 0.3) is 11.1 Å². The number of aromatic nitrogens is 2. The first-order valence-electron chi connectivity index (χ1n) is 6.32. The van der Waals surface area contributed by atoms with Gasteiger partial charge in [0.25, 0.3) is 11.4 Å². The van der Waals surface area contributed by atoms with E-state index in [1.807, 2.05) is 6.92 Å². The van der Waals surface area contributed by atoms with E-state index in [1.165, 1.54) is 20.2 Å². The molecule has 0 atom stereocenters. The van der Waals surface area contributed by atoms with Gasteiger partial charge >= 0.3 is 0 Å². The Morgan fingerprint density at radius 3 is 2.67 bits per heavy atom. The van der Waals surface area contributed by atoms with Crippen molar-refractivity contribution in [2.75, 3.05) is 7.11 Å². The van der Waals surface area contributed by atoms with Crippen LogP contribution >= 0.6 is 0 Å². The summed E-state index contributed by atoms with van der Waals surface area (Å²) < 4.78 is 6.13. The molecule has 21 heavy (non-hydrogen) atoms. The second kappa shape index (κ2) is 5.84. The lowest BCUT2D eigenvalue weighted by molar-refractivity contribution is -0.139. The Labute approximate surface area is 120 Å². The number of hydrogen-bond acceptors (Lipinski definition) is 6. The van der Waals surface area contributed by atoms with Crippen molar-refractivity contribution in [1.82, 2.24) is 9.78 Å². The smallest absolute Gasteiger partial charge is 0.279 e. The SMILES string of the molecule is CCc1cc(O)ccc1-c1c(OO)c(OC)nn(C)c1=O. The van der Waals surface area contributed by atoms with Gasteiger partial charge in [0.1, 0.15) is 11.3 Å². The number of benzene rings is 1. The summed E-state index contributed by atoms with van der Waals surface area (Å²) in [5.41, 5.74) is 0.961. The summed E-state index contributed by atoms with van der Waals surface area (Å²) in [5.74, 6) is -0.0642. The minimum atomic E-state index is -0.444. The van der Waals surface area contributed by atoms with Crippen LogP contribution in [0.5, 0.6) is 17.4 Å². The van der Waals surface area contributed by atoms with Crippen molar-refractivity contribution in [3.8, 4) is 28.5 Å². The molecule has 1 aromatic carbocycles. The lowest BCUT2D eigenvalue weighted by Crippen LogP contribution is -2.23. The van der Waals surface area contributed by atoms with Gasteiger partial charge in [-0.1, -0.05) is 13.0 Å². The van der Waals surface area contributed by atoms with E-state index in [-0.39, 0.29) is 22.9 Å². The van der Waals surface area contributed by atoms with Gasteiger partial charge in [-0.05, 0) is 29.7 Å². The van der Waals surface area contributed by atoms with Crippen molar-refractivity contribution < 1.29 is 20.0 Å². The number of aromatic hydroxyl groups is 1. The minimum absolute atomic E-state index is 0.00951. The van der Waals surface area contributed by atoms with E-state index in [0.717, 1.165) is 10.2 Å². The summed E-state index contributed by atoms with van der Waals surface area (Å²) in [6, 6.07) is 4.61. The standard InChI is InChI=1S/C14H16N2O5/c1-4-8-7-9(17)5-6-10(8)11-12(21-19)13(20-3)15-16(2)14(11)18/h5-7,17,19H,4H2,1-3H3. The fourth-order valence-electron chi connectivity index (χ4n) is 2.17. The van der Waals surface area contributed by atoms with Crippen molar-refractivity contribution >= 4 is 0 Å². The van der Waals surface area contributed by atoms with Gasteiger partial charge in [-0.2, -0.15) is 0 Å². The van der Waals surface area contributed by atoms with E-state index in [9.17, 15) is 9.90 Å². The molecule has 0 bridgehead atoms. The van der Waals surface area contributed by atoms with Gasteiger partial charge in [0.2, 0.25) is 5.75 Å². The Morgan fingerprint density at radius 1 is 1.38 bits per heavy atom. The molecule has 7 heteroatoms. The second-order valence-electron chi connectivity index (χ2n) is 4.43. The summed E-state index contributed by atoms with van der Waals surface area (Å²) in [7, 11) is 2.83. The first kappa shape index (κ1) is 14.9. The predicted octanol–water partition coefficient (Wildman–Crippen LogP) is 1.58. The molecule has 0 spiro atoms. The maximum atomic E-state index is 12.4. The number of aryl methyl sites for hydroxylation is 2. The third-order valence-corrected chi connectivity index (χ3v) is 3.19. The molecule has 2 aromatic rings. The zero-order chi connectivity index (χ0) is 15.6. The molecule has 0 aliphatic heterocycles. The van der Waals surface area contributed by atoms with Gasteiger partial charge in [0, 0.05) is 7.05 Å². The van der Waals surface area contributed by atoms with E-state index in [2.05, 4.69) is 9.99 Å². The molecule has 2 rings (SSSR count). The highest BCUT2D eigenvalue weighted by molar-refractivity contribution is 5.75. The first-order valence-corrected chi connectivity index (χ1v) is 6.32. The van der Waals surface area contributed by atoms with Gasteiger partial charge in [0.15, 0.2) is 0 Å². The molecular weight excluding hydrogens is 276 g/mol. The van der Waals surface area contributed by atoms with E-state index in [4.69, 9.17) is 9.99 Å². The zero-order valence-corrected chi connectivity index (χ0v) is 12.0. The Kier molecular flexibility index (Phi) is 4.13. The topological polar surface area (TPSA) is 93.8 Å². The average Bonchev–Trinajstić information content (AvgIpc) is 2.49. The van der Waals surface area contributed by atoms with Gasteiger partial charge in [-0.15, -0.1) is 5.10 Å². The molecule has 0 amide bonds. The van der Waals surface area contributed by atoms with Crippen LogP contribution in [-0.4, -0.2) is 27.3 Å². The molecule has 0 aliphatic rings. The molecule has 0 radical (unpaired) electrons. The lowest BCUT2D eigenvalue weighted by Gasteiger charge is -2.14. The number of nitrogens with zero attached hydrogens (tertiary/aromatic N) is 2. The van der Waals surface area contributed by atoms with E-state index < -0.39 is 5.56 Å². The molecule has 1 aromatic heterocycles. The van der Waals surface area contributed by atoms with Crippen LogP contribution in [0.4, 0.5) is 0 Å². The molecular formula is C14H16N2O5. The second-order valence-corrected chi connectivity index (χ2v) is 4.43.